The second kappa shape index (κ2) is 6.52. The molecule has 4 rings (SSSR count). The quantitative estimate of drug-likeness (QED) is 0.717. The predicted octanol–water partition coefficient (Wildman–Crippen LogP) is 2.35. The van der Waals surface area contributed by atoms with Crippen LogP contribution in [0.3, 0.4) is 0 Å². The van der Waals surface area contributed by atoms with Gasteiger partial charge in [0.25, 0.3) is 0 Å². The van der Waals surface area contributed by atoms with Gasteiger partial charge in [-0.3, -0.25) is 4.90 Å². The topological polar surface area (TPSA) is 72.9 Å². The maximum Gasteiger partial charge on any atom is 0.165 e. The molecule has 0 aliphatic carbocycles. The summed E-state index contributed by atoms with van der Waals surface area (Å²) in [5.74, 6) is 1.81. The van der Waals surface area contributed by atoms with Gasteiger partial charge < -0.3 is 4.52 Å². The molecule has 7 nitrogen and oxygen atoms in total. The van der Waals surface area contributed by atoms with E-state index in [0.717, 1.165) is 36.7 Å². The molecule has 2 aromatic heterocycles. The van der Waals surface area contributed by atoms with Crippen LogP contribution < -0.4 is 0 Å². The molecule has 1 unspecified atom stereocenters. The van der Waals surface area contributed by atoms with Gasteiger partial charge in [0.2, 0.25) is 0 Å². The molecule has 1 aliphatic heterocycles. The second-order valence-corrected chi connectivity index (χ2v) is 6.24. The molecule has 124 valence electrons. The van der Waals surface area contributed by atoms with Crippen LogP contribution >= 0.6 is 0 Å². The lowest BCUT2D eigenvalue weighted by Gasteiger charge is -2.21. The molecule has 1 atom stereocenters. The van der Waals surface area contributed by atoms with E-state index in [0.29, 0.717) is 13.1 Å². The number of rotatable bonds is 5. The monoisotopic (exact) mass is 324 g/mol. The van der Waals surface area contributed by atoms with Crippen LogP contribution in [-0.4, -0.2) is 36.8 Å². The Bertz CT molecular complexity index is 796. The van der Waals surface area contributed by atoms with E-state index in [2.05, 4.69) is 37.7 Å². The van der Waals surface area contributed by atoms with Crippen LogP contribution in [0.2, 0.25) is 0 Å². The molecule has 0 amide bonds. The summed E-state index contributed by atoms with van der Waals surface area (Å²) < 4.78 is 7.34. The zero-order chi connectivity index (χ0) is 16.4. The number of hydrogen-bond acceptors (Lipinski definition) is 6. The molecule has 7 heteroatoms. The number of hydrogen-bond donors (Lipinski definition) is 0. The Balaban J connectivity index is 1.50. The van der Waals surface area contributed by atoms with E-state index in [9.17, 15) is 0 Å². The van der Waals surface area contributed by atoms with E-state index < -0.39 is 0 Å². The van der Waals surface area contributed by atoms with Crippen molar-refractivity contribution in [1.82, 2.24) is 30.3 Å². The van der Waals surface area contributed by atoms with Crippen LogP contribution in [0.1, 0.15) is 41.7 Å². The van der Waals surface area contributed by atoms with Crippen LogP contribution in [0.25, 0.3) is 0 Å². The summed E-state index contributed by atoms with van der Waals surface area (Å²) in [6.45, 7) is 4.36. The Morgan fingerprint density at radius 3 is 2.88 bits per heavy atom. The number of aromatic nitrogens is 5. The van der Waals surface area contributed by atoms with E-state index >= 15 is 0 Å². The molecule has 0 saturated carbocycles. The van der Waals surface area contributed by atoms with Gasteiger partial charge in [-0.25, -0.2) is 4.68 Å². The highest BCUT2D eigenvalue weighted by Gasteiger charge is 2.30. The third kappa shape index (κ3) is 3.07. The lowest BCUT2D eigenvalue weighted by atomic mass is 10.1. The molecule has 0 N–H and O–H groups in total. The summed E-state index contributed by atoms with van der Waals surface area (Å²) in [6.07, 6.45) is 2.22. The van der Waals surface area contributed by atoms with Gasteiger partial charge in [0.15, 0.2) is 11.6 Å². The van der Waals surface area contributed by atoms with Crippen molar-refractivity contribution < 1.29 is 4.52 Å². The van der Waals surface area contributed by atoms with Crippen LogP contribution in [0.5, 0.6) is 0 Å². The van der Waals surface area contributed by atoms with E-state index in [4.69, 9.17) is 4.52 Å². The van der Waals surface area contributed by atoms with Gasteiger partial charge in [-0.15, -0.1) is 5.10 Å². The van der Waals surface area contributed by atoms with Crippen LogP contribution in [0.15, 0.2) is 40.9 Å². The van der Waals surface area contributed by atoms with Gasteiger partial charge in [0.1, 0.15) is 0 Å². The molecule has 1 aromatic carbocycles. The third-order valence-electron chi connectivity index (χ3n) is 4.46. The number of benzene rings is 1. The fraction of sp³-hybridized carbons (Fsp3) is 0.412. The lowest BCUT2D eigenvalue weighted by molar-refractivity contribution is 0.199. The largest absolute Gasteiger partial charge is 0.359 e. The molecule has 0 bridgehead atoms. The van der Waals surface area contributed by atoms with Gasteiger partial charge in [-0.2, -0.15) is 0 Å². The maximum absolute atomic E-state index is 5.47. The van der Waals surface area contributed by atoms with Crippen molar-refractivity contribution in [2.75, 3.05) is 6.54 Å². The minimum absolute atomic E-state index is 0.257. The smallest absolute Gasteiger partial charge is 0.165 e. The average molecular weight is 324 g/mol. The molecular formula is C17H20N6O. The summed E-state index contributed by atoms with van der Waals surface area (Å²) in [7, 11) is 0. The van der Waals surface area contributed by atoms with Crippen molar-refractivity contribution in [3.8, 4) is 0 Å². The van der Waals surface area contributed by atoms with Crippen molar-refractivity contribution in [2.24, 2.45) is 0 Å². The predicted molar refractivity (Wildman–Crippen MR) is 87.0 cm³/mol. The van der Waals surface area contributed by atoms with Gasteiger partial charge in [-0.05, 0) is 42.3 Å². The first-order valence-electron chi connectivity index (χ1n) is 8.26. The van der Waals surface area contributed by atoms with Crippen LogP contribution in [-0.2, 0) is 13.1 Å². The molecular weight excluding hydrogens is 304 g/mol. The van der Waals surface area contributed by atoms with Gasteiger partial charge in [0, 0.05) is 6.07 Å². The minimum Gasteiger partial charge on any atom is -0.359 e. The first kappa shape index (κ1) is 15.0. The Hall–Kier alpha value is -2.54. The Labute approximate surface area is 140 Å². The zero-order valence-electron chi connectivity index (χ0n) is 13.7. The average Bonchev–Trinajstić information content (AvgIpc) is 3.31. The molecule has 1 saturated heterocycles. The first-order chi connectivity index (χ1) is 11.8. The Kier molecular flexibility index (Phi) is 4.08. The molecule has 0 radical (unpaired) electrons. The van der Waals surface area contributed by atoms with Gasteiger partial charge in [-0.1, -0.05) is 35.5 Å². The number of tetrazole rings is 1. The standard InChI is InChI=1S/C17H20N6O/c1-13-10-16(24-19-13)15-8-5-9-22(15)12-17-18-20-21-23(17)11-14-6-3-2-4-7-14/h2-4,6-7,10,15H,5,8-9,11-12H2,1H3. The Morgan fingerprint density at radius 2 is 2.08 bits per heavy atom. The van der Waals surface area contributed by atoms with Gasteiger partial charge >= 0.3 is 0 Å². The van der Waals surface area contributed by atoms with Crippen molar-refractivity contribution in [1.29, 1.82) is 0 Å². The minimum atomic E-state index is 0.257. The third-order valence-corrected chi connectivity index (χ3v) is 4.46. The highest BCUT2D eigenvalue weighted by Crippen LogP contribution is 2.33. The SMILES string of the molecule is Cc1cc(C2CCCN2Cc2nnnn2Cc2ccccc2)on1. The second-order valence-electron chi connectivity index (χ2n) is 6.24. The molecule has 3 aromatic rings. The number of nitrogens with zero attached hydrogens (tertiary/aromatic N) is 6. The Morgan fingerprint density at radius 1 is 1.21 bits per heavy atom. The van der Waals surface area contributed by atoms with Crippen molar-refractivity contribution in [3.05, 3.63) is 59.2 Å². The molecule has 0 spiro atoms. The summed E-state index contributed by atoms with van der Waals surface area (Å²) in [6, 6.07) is 12.5. The van der Waals surface area contributed by atoms with Crippen molar-refractivity contribution >= 4 is 0 Å². The van der Waals surface area contributed by atoms with Gasteiger partial charge in [0.05, 0.1) is 24.8 Å². The van der Waals surface area contributed by atoms with E-state index in [-0.39, 0.29) is 6.04 Å². The number of aryl methyl sites for hydroxylation is 1. The number of likely N-dealkylation sites (tertiary alicyclic amines) is 1. The van der Waals surface area contributed by atoms with Crippen molar-refractivity contribution in [3.63, 3.8) is 0 Å². The summed E-state index contributed by atoms with van der Waals surface area (Å²) in [5, 5.41) is 16.3. The van der Waals surface area contributed by atoms with Crippen LogP contribution in [0.4, 0.5) is 0 Å². The summed E-state index contributed by atoms with van der Waals surface area (Å²) in [4.78, 5) is 2.37. The molecule has 3 heterocycles. The van der Waals surface area contributed by atoms with Crippen molar-refractivity contribution in [2.45, 2.75) is 38.9 Å². The van der Waals surface area contributed by atoms with E-state index in [1.807, 2.05) is 35.9 Å². The molecule has 1 fully saturated rings. The molecule has 24 heavy (non-hydrogen) atoms. The summed E-state index contributed by atoms with van der Waals surface area (Å²) in [5.41, 5.74) is 2.11. The van der Waals surface area contributed by atoms with E-state index in [1.165, 1.54) is 5.56 Å². The lowest BCUT2D eigenvalue weighted by Crippen LogP contribution is -2.25. The zero-order valence-corrected chi connectivity index (χ0v) is 13.7. The highest BCUT2D eigenvalue weighted by atomic mass is 16.5. The highest BCUT2D eigenvalue weighted by molar-refractivity contribution is 5.15. The normalized spacial score (nSPS) is 18.3. The fourth-order valence-corrected chi connectivity index (χ4v) is 3.28. The van der Waals surface area contributed by atoms with E-state index in [1.54, 1.807) is 0 Å². The fourth-order valence-electron chi connectivity index (χ4n) is 3.28. The maximum atomic E-state index is 5.47. The van der Waals surface area contributed by atoms with Crippen LogP contribution in [0, 0.1) is 6.92 Å². The summed E-state index contributed by atoms with van der Waals surface area (Å²) >= 11 is 0. The first-order valence-corrected chi connectivity index (χ1v) is 8.26. The molecule has 1 aliphatic rings.